The maximum atomic E-state index is 13.1. The van der Waals surface area contributed by atoms with Crippen molar-refractivity contribution in [1.82, 2.24) is 19.7 Å². The Balaban J connectivity index is 1.87. The fraction of sp³-hybridized carbons (Fsp3) is 0.222. The normalized spacial score (nSPS) is 12.1. The number of carbonyl (C=O) groups is 1. The molecule has 2 aromatic heterocycles. The minimum atomic E-state index is -0.486. The molecule has 0 aliphatic heterocycles. The van der Waals surface area contributed by atoms with Gasteiger partial charge in [-0.2, -0.15) is 5.10 Å². The molecule has 0 bridgehead atoms. The lowest BCUT2D eigenvalue weighted by Crippen LogP contribution is -2.15. The molecular weight excluding hydrogens is 353 g/mol. The van der Waals surface area contributed by atoms with Crippen LogP contribution in [0.2, 0.25) is 0 Å². The van der Waals surface area contributed by atoms with Gasteiger partial charge in [0.15, 0.2) is 5.82 Å². The van der Waals surface area contributed by atoms with Crippen LogP contribution in [0.15, 0.2) is 53.7 Å². The SMILES string of the molecule is CC(Sc1ccccn1)c1nc(CC(N)=O)nn1Cc1ccc(F)cc1. The van der Waals surface area contributed by atoms with Crippen LogP contribution in [0.5, 0.6) is 0 Å². The summed E-state index contributed by atoms with van der Waals surface area (Å²) in [6.07, 6.45) is 1.71. The summed E-state index contributed by atoms with van der Waals surface area (Å²) in [7, 11) is 0. The summed E-state index contributed by atoms with van der Waals surface area (Å²) in [6, 6.07) is 11.9. The van der Waals surface area contributed by atoms with E-state index >= 15 is 0 Å². The van der Waals surface area contributed by atoms with E-state index in [1.54, 1.807) is 34.8 Å². The number of benzene rings is 1. The van der Waals surface area contributed by atoms with Crippen LogP contribution >= 0.6 is 11.8 Å². The number of nitrogens with zero attached hydrogens (tertiary/aromatic N) is 4. The minimum absolute atomic E-state index is 0.0234. The van der Waals surface area contributed by atoms with Gasteiger partial charge in [0.1, 0.15) is 11.6 Å². The zero-order chi connectivity index (χ0) is 18.5. The summed E-state index contributed by atoms with van der Waals surface area (Å²) < 4.78 is 14.9. The molecule has 134 valence electrons. The molecule has 1 atom stereocenters. The van der Waals surface area contributed by atoms with Crippen LogP contribution in [-0.4, -0.2) is 25.7 Å². The van der Waals surface area contributed by atoms with Crippen molar-refractivity contribution in [2.45, 2.75) is 30.2 Å². The molecule has 3 aromatic rings. The molecule has 8 heteroatoms. The average molecular weight is 371 g/mol. The summed E-state index contributed by atoms with van der Waals surface area (Å²) in [4.78, 5) is 20.0. The molecule has 26 heavy (non-hydrogen) atoms. The van der Waals surface area contributed by atoms with Crippen LogP contribution in [0.4, 0.5) is 4.39 Å². The van der Waals surface area contributed by atoms with Crippen molar-refractivity contribution >= 4 is 17.7 Å². The van der Waals surface area contributed by atoms with Crippen LogP contribution in [0.1, 0.15) is 29.4 Å². The van der Waals surface area contributed by atoms with Gasteiger partial charge in [-0.15, -0.1) is 0 Å². The zero-order valence-electron chi connectivity index (χ0n) is 14.2. The monoisotopic (exact) mass is 371 g/mol. The van der Waals surface area contributed by atoms with Crippen molar-refractivity contribution in [2.75, 3.05) is 0 Å². The second-order valence-corrected chi connectivity index (χ2v) is 7.10. The third kappa shape index (κ3) is 4.66. The number of amides is 1. The lowest BCUT2D eigenvalue weighted by Gasteiger charge is -2.12. The number of primary amides is 1. The molecule has 6 nitrogen and oxygen atoms in total. The van der Waals surface area contributed by atoms with Gasteiger partial charge in [-0.1, -0.05) is 30.0 Å². The maximum Gasteiger partial charge on any atom is 0.225 e. The van der Waals surface area contributed by atoms with Crippen molar-refractivity contribution in [2.24, 2.45) is 5.73 Å². The predicted molar refractivity (Wildman–Crippen MR) is 96.9 cm³/mol. The van der Waals surface area contributed by atoms with Crippen LogP contribution < -0.4 is 5.73 Å². The van der Waals surface area contributed by atoms with E-state index in [2.05, 4.69) is 15.1 Å². The molecular formula is C18H18FN5OS. The Kier molecular flexibility index (Phi) is 5.62. The van der Waals surface area contributed by atoms with Crippen molar-refractivity contribution in [3.63, 3.8) is 0 Å². The molecule has 3 rings (SSSR count). The quantitative estimate of drug-likeness (QED) is 0.645. The van der Waals surface area contributed by atoms with Crippen LogP contribution in [0.25, 0.3) is 0 Å². The second kappa shape index (κ2) is 8.09. The van der Waals surface area contributed by atoms with E-state index in [0.717, 1.165) is 10.6 Å². The number of hydrogen-bond acceptors (Lipinski definition) is 5. The highest BCUT2D eigenvalue weighted by Gasteiger charge is 2.19. The summed E-state index contributed by atoms with van der Waals surface area (Å²) in [6.45, 7) is 2.42. The van der Waals surface area contributed by atoms with Crippen molar-refractivity contribution in [3.05, 3.63) is 71.7 Å². The summed E-state index contributed by atoms with van der Waals surface area (Å²) in [5, 5.41) is 5.23. The molecule has 0 spiro atoms. The highest BCUT2D eigenvalue weighted by atomic mass is 32.2. The van der Waals surface area contributed by atoms with E-state index in [1.165, 1.54) is 12.1 Å². The molecule has 1 amide bonds. The Morgan fingerprint density at radius 2 is 2.04 bits per heavy atom. The molecule has 2 N–H and O–H groups in total. The van der Waals surface area contributed by atoms with E-state index in [9.17, 15) is 9.18 Å². The Labute approximate surface area is 154 Å². The van der Waals surface area contributed by atoms with Gasteiger partial charge < -0.3 is 5.73 Å². The number of hydrogen-bond donors (Lipinski definition) is 1. The molecule has 0 aliphatic rings. The molecule has 0 radical (unpaired) electrons. The number of thioether (sulfide) groups is 1. The number of halogens is 1. The molecule has 1 unspecified atom stereocenters. The number of rotatable bonds is 7. The molecule has 1 aromatic carbocycles. The van der Waals surface area contributed by atoms with Gasteiger partial charge in [0.25, 0.3) is 0 Å². The lowest BCUT2D eigenvalue weighted by atomic mass is 10.2. The Hall–Kier alpha value is -2.74. The van der Waals surface area contributed by atoms with Crippen LogP contribution in [0, 0.1) is 5.82 Å². The number of pyridine rings is 1. The van der Waals surface area contributed by atoms with Crippen LogP contribution in [0.3, 0.4) is 0 Å². The summed E-state index contributed by atoms with van der Waals surface area (Å²) >= 11 is 1.55. The molecule has 0 aliphatic carbocycles. The Morgan fingerprint density at radius 3 is 2.69 bits per heavy atom. The van der Waals surface area contributed by atoms with Gasteiger partial charge >= 0.3 is 0 Å². The smallest absolute Gasteiger partial charge is 0.225 e. The summed E-state index contributed by atoms with van der Waals surface area (Å²) in [5.74, 6) is 0.311. The van der Waals surface area contributed by atoms with Gasteiger partial charge in [-0.3, -0.25) is 4.79 Å². The highest BCUT2D eigenvalue weighted by molar-refractivity contribution is 7.99. The predicted octanol–water partition coefficient (Wildman–Crippen LogP) is 2.74. The Morgan fingerprint density at radius 1 is 1.27 bits per heavy atom. The van der Waals surface area contributed by atoms with E-state index in [1.807, 2.05) is 25.1 Å². The van der Waals surface area contributed by atoms with E-state index in [-0.39, 0.29) is 17.5 Å². The van der Waals surface area contributed by atoms with Gasteiger partial charge in [0, 0.05) is 6.20 Å². The van der Waals surface area contributed by atoms with Crippen LogP contribution in [-0.2, 0) is 17.8 Å². The first-order valence-corrected chi connectivity index (χ1v) is 8.93. The number of carbonyl (C=O) groups excluding carboxylic acids is 1. The molecule has 0 fully saturated rings. The number of nitrogens with two attached hydrogens (primary N) is 1. The fourth-order valence-corrected chi connectivity index (χ4v) is 3.38. The van der Waals surface area contributed by atoms with Crippen molar-refractivity contribution in [1.29, 1.82) is 0 Å². The molecule has 2 heterocycles. The highest BCUT2D eigenvalue weighted by Crippen LogP contribution is 2.32. The van der Waals surface area contributed by atoms with E-state index in [4.69, 9.17) is 5.73 Å². The van der Waals surface area contributed by atoms with Gasteiger partial charge in [-0.05, 0) is 36.8 Å². The first kappa shape index (κ1) is 18.1. The zero-order valence-corrected chi connectivity index (χ0v) is 15.0. The fourth-order valence-electron chi connectivity index (χ4n) is 2.46. The van der Waals surface area contributed by atoms with Gasteiger partial charge in [0.05, 0.1) is 23.2 Å². The average Bonchev–Trinajstić information content (AvgIpc) is 2.99. The standard InChI is InChI=1S/C18H18FN5OS/c1-12(26-17-4-2-3-9-21-17)18-22-16(10-15(20)25)23-24(18)11-13-5-7-14(19)8-6-13/h2-9,12H,10-11H2,1H3,(H2,20,25). The van der Waals surface area contributed by atoms with Crippen molar-refractivity contribution < 1.29 is 9.18 Å². The third-order valence-electron chi connectivity index (χ3n) is 3.62. The minimum Gasteiger partial charge on any atom is -0.369 e. The van der Waals surface area contributed by atoms with E-state index < -0.39 is 5.91 Å². The first-order chi connectivity index (χ1) is 12.5. The van der Waals surface area contributed by atoms with E-state index in [0.29, 0.717) is 18.2 Å². The number of aromatic nitrogens is 4. The lowest BCUT2D eigenvalue weighted by molar-refractivity contribution is -0.117. The molecule has 0 saturated heterocycles. The van der Waals surface area contributed by atoms with Gasteiger partial charge in [0.2, 0.25) is 5.91 Å². The topological polar surface area (TPSA) is 86.7 Å². The van der Waals surface area contributed by atoms with Crippen molar-refractivity contribution in [3.8, 4) is 0 Å². The second-order valence-electron chi connectivity index (χ2n) is 5.74. The van der Waals surface area contributed by atoms with Gasteiger partial charge in [-0.25, -0.2) is 19.0 Å². The largest absolute Gasteiger partial charge is 0.369 e. The third-order valence-corrected chi connectivity index (χ3v) is 4.67. The molecule has 0 saturated carbocycles. The maximum absolute atomic E-state index is 13.1. The first-order valence-electron chi connectivity index (χ1n) is 8.05. The Bertz CT molecular complexity index is 882. The summed E-state index contributed by atoms with van der Waals surface area (Å²) in [5.41, 5.74) is 6.15.